The number of hydrogen-bond donors (Lipinski definition) is 0. The number of fused-ring (bicyclic) bond motifs is 2. The van der Waals surface area contributed by atoms with Gasteiger partial charge in [-0.15, -0.1) is 23.5 Å². The second-order valence-corrected chi connectivity index (χ2v) is 11.6. The summed E-state index contributed by atoms with van der Waals surface area (Å²) in [6.45, 7) is 0. The minimum Gasteiger partial charge on any atom is -0.255 e. The molecule has 0 saturated heterocycles. The lowest BCUT2D eigenvalue weighted by Gasteiger charge is -2.16. The highest BCUT2D eigenvalue weighted by molar-refractivity contribution is 8.03. The number of benzene rings is 4. The van der Waals surface area contributed by atoms with E-state index in [9.17, 15) is 0 Å². The highest BCUT2D eigenvalue weighted by Crippen LogP contribution is 2.45. The van der Waals surface area contributed by atoms with Gasteiger partial charge in [0.1, 0.15) is 0 Å². The van der Waals surface area contributed by atoms with Crippen LogP contribution in [0.4, 0.5) is 0 Å². The van der Waals surface area contributed by atoms with Gasteiger partial charge in [-0.2, -0.15) is 0 Å². The molecule has 2 aromatic heterocycles. The fourth-order valence-electron chi connectivity index (χ4n) is 4.20. The van der Waals surface area contributed by atoms with Crippen LogP contribution >= 0.6 is 35.3 Å². The van der Waals surface area contributed by atoms with Crippen LogP contribution in [-0.2, 0) is 11.5 Å². The summed E-state index contributed by atoms with van der Waals surface area (Å²) in [6.07, 6.45) is 4.07. The first-order valence-electron chi connectivity index (χ1n) is 12.1. The van der Waals surface area contributed by atoms with Gasteiger partial charge in [0.05, 0.1) is 11.0 Å². The summed E-state index contributed by atoms with van der Waals surface area (Å²) in [7, 11) is 0. The molecule has 0 spiro atoms. The van der Waals surface area contributed by atoms with Crippen molar-refractivity contribution in [2.24, 2.45) is 0 Å². The smallest absolute Gasteiger partial charge is 0.0714 e. The molecule has 0 aliphatic heterocycles. The molecule has 0 amide bonds. The number of para-hydroxylation sites is 2. The molecular formula is C32H24N2S3. The monoisotopic (exact) mass is 532 g/mol. The molecule has 37 heavy (non-hydrogen) atoms. The molecule has 0 N–H and O–H groups in total. The Morgan fingerprint density at radius 3 is 1.57 bits per heavy atom. The van der Waals surface area contributed by atoms with Gasteiger partial charge in [0.15, 0.2) is 0 Å². The molecular weight excluding hydrogens is 509 g/mol. The maximum absolute atomic E-state index is 4.84. The van der Waals surface area contributed by atoms with E-state index < -0.39 is 0 Å². The number of thioether (sulfide) groups is 2. The van der Waals surface area contributed by atoms with Crippen molar-refractivity contribution in [2.75, 3.05) is 0 Å². The van der Waals surface area contributed by atoms with Gasteiger partial charge in [-0.05, 0) is 23.3 Å². The molecule has 0 atom stereocenters. The molecule has 6 aromatic rings. The normalized spacial score (nSPS) is 11.2. The first-order chi connectivity index (χ1) is 18.3. The Morgan fingerprint density at radius 2 is 0.946 bits per heavy atom. The summed E-state index contributed by atoms with van der Waals surface area (Å²) in [5.74, 6) is 1.81. The number of hydrogen-bond acceptors (Lipinski definition) is 5. The quantitative estimate of drug-likeness (QED) is 0.182. The van der Waals surface area contributed by atoms with Crippen molar-refractivity contribution in [2.45, 2.75) is 31.1 Å². The SMILES string of the molecule is c1ccc(CSc2cnc3ccccc3c2Sc2cnc3ccccc3c2SCc2ccccc2)cc1. The van der Waals surface area contributed by atoms with E-state index in [4.69, 9.17) is 9.97 Å². The second-order valence-electron chi connectivity index (χ2n) is 8.59. The topological polar surface area (TPSA) is 25.8 Å². The van der Waals surface area contributed by atoms with Gasteiger partial charge in [-0.25, -0.2) is 0 Å². The van der Waals surface area contributed by atoms with Gasteiger partial charge in [-0.3, -0.25) is 9.97 Å². The van der Waals surface area contributed by atoms with Gasteiger partial charge in [0, 0.05) is 54.3 Å². The van der Waals surface area contributed by atoms with Crippen molar-refractivity contribution in [1.29, 1.82) is 0 Å². The Hall–Kier alpha value is -3.25. The lowest BCUT2D eigenvalue weighted by Crippen LogP contribution is -1.91. The summed E-state index contributed by atoms with van der Waals surface area (Å²) in [4.78, 5) is 14.5. The molecule has 0 aliphatic carbocycles. The largest absolute Gasteiger partial charge is 0.255 e. The van der Waals surface area contributed by atoms with Crippen LogP contribution in [-0.4, -0.2) is 9.97 Å². The van der Waals surface area contributed by atoms with Crippen molar-refractivity contribution < 1.29 is 0 Å². The zero-order chi connectivity index (χ0) is 24.9. The van der Waals surface area contributed by atoms with Crippen LogP contribution < -0.4 is 0 Å². The third-order valence-corrected chi connectivity index (χ3v) is 9.80. The third-order valence-electron chi connectivity index (χ3n) is 6.06. The average Bonchev–Trinajstić information content (AvgIpc) is 2.97. The van der Waals surface area contributed by atoms with E-state index in [1.165, 1.54) is 41.5 Å². The fraction of sp³-hybridized carbons (Fsp3) is 0.0625. The molecule has 0 saturated carbocycles. The first-order valence-corrected chi connectivity index (χ1v) is 14.9. The molecule has 0 bridgehead atoms. The molecule has 2 heterocycles. The molecule has 6 rings (SSSR count). The molecule has 180 valence electrons. The molecule has 4 aromatic carbocycles. The molecule has 0 fully saturated rings. The van der Waals surface area contributed by atoms with Crippen LogP contribution in [0.1, 0.15) is 11.1 Å². The van der Waals surface area contributed by atoms with Crippen molar-refractivity contribution in [3.8, 4) is 0 Å². The molecule has 0 aliphatic rings. The van der Waals surface area contributed by atoms with Crippen LogP contribution in [0.5, 0.6) is 0 Å². The molecule has 0 radical (unpaired) electrons. The zero-order valence-electron chi connectivity index (χ0n) is 20.1. The van der Waals surface area contributed by atoms with E-state index in [1.807, 2.05) is 47.7 Å². The van der Waals surface area contributed by atoms with Crippen molar-refractivity contribution in [3.63, 3.8) is 0 Å². The van der Waals surface area contributed by atoms with E-state index in [2.05, 4.69) is 109 Å². The van der Waals surface area contributed by atoms with Crippen LogP contribution in [0.3, 0.4) is 0 Å². The van der Waals surface area contributed by atoms with Gasteiger partial charge < -0.3 is 0 Å². The van der Waals surface area contributed by atoms with Crippen LogP contribution in [0.25, 0.3) is 21.8 Å². The van der Waals surface area contributed by atoms with E-state index in [1.54, 1.807) is 0 Å². The third kappa shape index (κ3) is 5.54. The lowest BCUT2D eigenvalue weighted by atomic mass is 10.2. The molecule has 2 nitrogen and oxygen atoms in total. The highest BCUT2D eigenvalue weighted by atomic mass is 32.2. The summed E-state index contributed by atoms with van der Waals surface area (Å²) >= 11 is 5.54. The summed E-state index contributed by atoms with van der Waals surface area (Å²) in [6, 6.07) is 38.2. The number of pyridine rings is 2. The van der Waals surface area contributed by atoms with Gasteiger partial charge in [-0.1, -0.05) is 109 Å². The van der Waals surface area contributed by atoms with Crippen LogP contribution in [0, 0.1) is 0 Å². The summed E-state index contributed by atoms with van der Waals surface area (Å²) in [5.41, 5.74) is 4.67. The zero-order valence-corrected chi connectivity index (χ0v) is 22.5. The van der Waals surface area contributed by atoms with E-state index in [-0.39, 0.29) is 0 Å². The van der Waals surface area contributed by atoms with Crippen LogP contribution in [0.2, 0.25) is 0 Å². The Morgan fingerprint density at radius 1 is 0.459 bits per heavy atom. The van der Waals surface area contributed by atoms with Gasteiger partial charge >= 0.3 is 0 Å². The van der Waals surface area contributed by atoms with Crippen LogP contribution in [0.15, 0.2) is 141 Å². The maximum Gasteiger partial charge on any atom is 0.0714 e. The molecule has 0 unspecified atom stereocenters. The van der Waals surface area contributed by atoms with Gasteiger partial charge in [0.2, 0.25) is 0 Å². The summed E-state index contributed by atoms with van der Waals surface area (Å²) < 4.78 is 0. The first kappa shape index (κ1) is 24.1. The van der Waals surface area contributed by atoms with E-state index in [0.29, 0.717) is 0 Å². The van der Waals surface area contributed by atoms with E-state index in [0.717, 1.165) is 22.5 Å². The maximum atomic E-state index is 4.84. The van der Waals surface area contributed by atoms with Crippen molar-refractivity contribution in [1.82, 2.24) is 9.97 Å². The second kappa shape index (κ2) is 11.4. The standard InChI is InChI=1S/C32H24N2S3/c1-3-11-23(12-4-1)21-35-29-19-33-28-18-10-8-16-26(28)32(29)37-30-20-34-27-17-9-7-15-25(27)31(30)36-22-24-13-5-2-6-14-24/h1-20H,21-22H2. The van der Waals surface area contributed by atoms with Crippen molar-refractivity contribution in [3.05, 3.63) is 133 Å². The van der Waals surface area contributed by atoms with E-state index >= 15 is 0 Å². The van der Waals surface area contributed by atoms with Crippen molar-refractivity contribution >= 4 is 57.1 Å². The lowest BCUT2D eigenvalue weighted by molar-refractivity contribution is 1.16. The number of rotatable bonds is 8. The predicted molar refractivity (Wildman–Crippen MR) is 160 cm³/mol. The molecule has 5 heteroatoms. The average molecular weight is 533 g/mol. The number of nitrogens with zero attached hydrogens (tertiary/aromatic N) is 2. The fourth-order valence-corrected chi connectivity index (χ4v) is 7.68. The number of aromatic nitrogens is 2. The predicted octanol–water partition coefficient (Wildman–Crippen LogP) is 9.52. The summed E-state index contributed by atoms with van der Waals surface area (Å²) in [5, 5.41) is 2.38. The van der Waals surface area contributed by atoms with Gasteiger partial charge in [0.25, 0.3) is 0 Å². The Bertz CT molecular complexity index is 1650. The minimum atomic E-state index is 0.903. The Balaban J connectivity index is 1.41. The highest BCUT2D eigenvalue weighted by Gasteiger charge is 2.16. The minimum absolute atomic E-state index is 0.903. The Labute approximate surface area is 230 Å². The Kier molecular flexibility index (Phi) is 7.45.